The van der Waals surface area contributed by atoms with Crippen LogP contribution < -0.4 is 4.74 Å². The van der Waals surface area contributed by atoms with Gasteiger partial charge in [0.15, 0.2) is 0 Å². The maximum Gasteiger partial charge on any atom is 0.122 e. The Morgan fingerprint density at radius 2 is 2.07 bits per heavy atom. The summed E-state index contributed by atoms with van der Waals surface area (Å²) in [4.78, 5) is 0. The summed E-state index contributed by atoms with van der Waals surface area (Å²) in [5.74, 6) is 1.75. The fourth-order valence-corrected chi connectivity index (χ4v) is 2.14. The Hall–Kier alpha value is -1.02. The fourth-order valence-electron chi connectivity index (χ4n) is 2.14. The van der Waals surface area contributed by atoms with Crippen LogP contribution in [-0.4, -0.2) is 18.3 Å². The number of methoxy groups -OCH3 is 1. The Bertz CT molecular complexity index is 322. The smallest absolute Gasteiger partial charge is 0.122 e. The van der Waals surface area contributed by atoms with Gasteiger partial charge in [0.05, 0.1) is 13.2 Å². The SMILES string of the molecule is COc1ccccc1C1CC(O)C1C. The highest BCUT2D eigenvalue weighted by molar-refractivity contribution is 5.38. The molecular formula is C12H16O2. The van der Waals surface area contributed by atoms with E-state index in [4.69, 9.17) is 4.74 Å². The molecule has 1 aliphatic rings. The van der Waals surface area contributed by atoms with Crippen LogP contribution in [0.5, 0.6) is 5.75 Å². The van der Waals surface area contributed by atoms with E-state index >= 15 is 0 Å². The predicted octanol–water partition coefficient (Wildman–Crippen LogP) is 2.18. The van der Waals surface area contributed by atoms with E-state index in [-0.39, 0.29) is 6.10 Å². The van der Waals surface area contributed by atoms with Crippen LogP contribution in [0.4, 0.5) is 0 Å². The molecule has 1 saturated carbocycles. The summed E-state index contributed by atoms with van der Waals surface area (Å²) in [6.07, 6.45) is 0.728. The first-order valence-electron chi connectivity index (χ1n) is 5.05. The molecular weight excluding hydrogens is 176 g/mol. The molecule has 76 valence electrons. The van der Waals surface area contributed by atoms with Crippen LogP contribution in [-0.2, 0) is 0 Å². The van der Waals surface area contributed by atoms with Crippen LogP contribution in [0.2, 0.25) is 0 Å². The lowest BCUT2D eigenvalue weighted by Crippen LogP contribution is -2.37. The molecule has 3 atom stereocenters. The second-order valence-corrected chi connectivity index (χ2v) is 4.01. The molecule has 1 N–H and O–H groups in total. The normalized spacial score (nSPS) is 30.9. The Kier molecular flexibility index (Phi) is 2.46. The minimum atomic E-state index is -0.134. The van der Waals surface area contributed by atoms with Gasteiger partial charge in [0.25, 0.3) is 0 Å². The molecule has 0 aromatic heterocycles. The van der Waals surface area contributed by atoms with Crippen LogP contribution in [0.25, 0.3) is 0 Å². The highest BCUT2D eigenvalue weighted by Crippen LogP contribution is 2.45. The third-order valence-electron chi connectivity index (χ3n) is 3.28. The highest BCUT2D eigenvalue weighted by Gasteiger charge is 2.38. The first-order chi connectivity index (χ1) is 6.74. The summed E-state index contributed by atoms with van der Waals surface area (Å²) in [7, 11) is 1.69. The standard InChI is InChI=1S/C12H16O2/c1-8-10(7-11(8)13)9-5-3-4-6-12(9)14-2/h3-6,8,10-11,13H,7H2,1-2H3. The second kappa shape index (κ2) is 3.62. The fraction of sp³-hybridized carbons (Fsp3) is 0.500. The maximum atomic E-state index is 9.47. The van der Waals surface area contributed by atoms with E-state index in [1.807, 2.05) is 18.2 Å². The van der Waals surface area contributed by atoms with E-state index < -0.39 is 0 Å². The Balaban J connectivity index is 2.24. The van der Waals surface area contributed by atoms with Gasteiger partial charge in [-0.1, -0.05) is 25.1 Å². The minimum Gasteiger partial charge on any atom is -0.496 e. The highest BCUT2D eigenvalue weighted by atomic mass is 16.5. The third kappa shape index (κ3) is 1.40. The molecule has 0 spiro atoms. The van der Waals surface area contributed by atoms with E-state index in [9.17, 15) is 5.11 Å². The van der Waals surface area contributed by atoms with Gasteiger partial charge in [0, 0.05) is 0 Å². The number of hydrogen-bond donors (Lipinski definition) is 1. The number of hydrogen-bond acceptors (Lipinski definition) is 2. The van der Waals surface area contributed by atoms with Gasteiger partial charge in [-0.2, -0.15) is 0 Å². The lowest BCUT2D eigenvalue weighted by Gasteiger charge is -2.40. The number of aliphatic hydroxyl groups excluding tert-OH is 1. The first kappa shape index (κ1) is 9.53. The number of rotatable bonds is 2. The molecule has 2 nitrogen and oxygen atoms in total. The number of benzene rings is 1. The van der Waals surface area contributed by atoms with E-state index in [0.29, 0.717) is 11.8 Å². The molecule has 1 aromatic carbocycles. The molecule has 0 bridgehead atoms. The van der Waals surface area contributed by atoms with Crippen molar-refractivity contribution in [3.05, 3.63) is 29.8 Å². The third-order valence-corrected chi connectivity index (χ3v) is 3.28. The summed E-state index contributed by atoms with van der Waals surface area (Å²) in [6.45, 7) is 2.09. The van der Waals surface area contributed by atoms with Crippen molar-refractivity contribution in [2.45, 2.75) is 25.4 Å². The summed E-state index contributed by atoms with van der Waals surface area (Å²) >= 11 is 0. The second-order valence-electron chi connectivity index (χ2n) is 4.01. The Morgan fingerprint density at radius 3 is 2.64 bits per heavy atom. The molecule has 0 aliphatic heterocycles. The molecule has 1 aromatic rings. The quantitative estimate of drug-likeness (QED) is 0.778. The Labute approximate surface area is 84.5 Å². The van der Waals surface area contributed by atoms with Gasteiger partial charge in [0.1, 0.15) is 5.75 Å². The molecule has 14 heavy (non-hydrogen) atoms. The largest absolute Gasteiger partial charge is 0.496 e. The van der Waals surface area contributed by atoms with Gasteiger partial charge in [-0.05, 0) is 29.9 Å². The molecule has 0 saturated heterocycles. The summed E-state index contributed by atoms with van der Waals surface area (Å²) in [5.41, 5.74) is 1.23. The molecule has 2 heteroatoms. The predicted molar refractivity (Wildman–Crippen MR) is 55.5 cm³/mol. The average Bonchev–Trinajstić information content (AvgIpc) is 2.25. The zero-order valence-electron chi connectivity index (χ0n) is 8.60. The number of aliphatic hydroxyl groups is 1. The topological polar surface area (TPSA) is 29.5 Å². The zero-order chi connectivity index (χ0) is 10.1. The van der Waals surface area contributed by atoms with Gasteiger partial charge >= 0.3 is 0 Å². The van der Waals surface area contributed by atoms with Gasteiger partial charge in [-0.3, -0.25) is 0 Å². The van der Waals surface area contributed by atoms with Crippen LogP contribution >= 0.6 is 0 Å². The van der Waals surface area contributed by atoms with Crippen molar-refractivity contribution in [1.29, 1.82) is 0 Å². The van der Waals surface area contributed by atoms with Crippen LogP contribution in [0.3, 0.4) is 0 Å². The molecule has 0 amide bonds. The average molecular weight is 192 g/mol. The molecule has 0 radical (unpaired) electrons. The van der Waals surface area contributed by atoms with Gasteiger partial charge in [-0.25, -0.2) is 0 Å². The monoisotopic (exact) mass is 192 g/mol. The van der Waals surface area contributed by atoms with E-state index in [0.717, 1.165) is 12.2 Å². The van der Waals surface area contributed by atoms with E-state index in [1.165, 1.54) is 5.56 Å². The van der Waals surface area contributed by atoms with Crippen molar-refractivity contribution in [1.82, 2.24) is 0 Å². The lowest BCUT2D eigenvalue weighted by molar-refractivity contribution is 0.0110. The van der Waals surface area contributed by atoms with Gasteiger partial charge in [0.2, 0.25) is 0 Å². The first-order valence-corrected chi connectivity index (χ1v) is 5.05. The number of para-hydroxylation sites is 1. The summed E-state index contributed by atoms with van der Waals surface area (Å²) in [6, 6.07) is 8.07. The van der Waals surface area contributed by atoms with Crippen molar-refractivity contribution in [2.75, 3.05) is 7.11 Å². The van der Waals surface area contributed by atoms with E-state index in [2.05, 4.69) is 13.0 Å². The zero-order valence-corrected chi connectivity index (χ0v) is 8.60. The summed E-state index contributed by atoms with van der Waals surface area (Å²) in [5, 5.41) is 9.47. The van der Waals surface area contributed by atoms with Crippen LogP contribution in [0, 0.1) is 5.92 Å². The van der Waals surface area contributed by atoms with Gasteiger partial charge < -0.3 is 9.84 Å². The van der Waals surface area contributed by atoms with Crippen LogP contribution in [0.1, 0.15) is 24.8 Å². The lowest BCUT2D eigenvalue weighted by atomic mass is 9.68. The van der Waals surface area contributed by atoms with Crippen molar-refractivity contribution >= 4 is 0 Å². The van der Waals surface area contributed by atoms with Crippen molar-refractivity contribution in [3.8, 4) is 5.75 Å². The van der Waals surface area contributed by atoms with Crippen molar-refractivity contribution < 1.29 is 9.84 Å². The molecule has 1 aliphatic carbocycles. The Morgan fingerprint density at radius 1 is 1.36 bits per heavy atom. The molecule has 1 fully saturated rings. The number of ether oxygens (including phenoxy) is 1. The van der Waals surface area contributed by atoms with Gasteiger partial charge in [-0.15, -0.1) is 0 Å². The molecule has 3 unspecified atom stereocenters. The van der Waals surface area contributed by atoms with Crippen molar-refractivity contribution in [3.63, 3.8) is 0 Å². The van der Waals surface area contributed by atoms with Crippen molar-refractivity contribution in [2.24, 2.45) is 5.92 Å². The van der Waals surface area contributed by atoms with E-state index in [1.54, 1.807) is 7.11 Å². The minimum absolute atomic E-state index is 0.134. The summed E-state index contributed by atoms with van der Waals surface area (Å²) < 4.78 is 5.30. The molecule has 0 heterocycles. The molecule has 2 rings (SSSR count). The maximum absolute atomic E-state index is 9.47. The van der Waals surface area contributed by atoms with Crippen LogP contribution in [0.15, 0.2) is 24.3 Å².